The number of aliphatic carboxylic acids is 1. The van der Waals surface area contributed by atoms with E-state index in [0.29, 0.717) is 11.3 Å². The Bertz CT molecular complexity index is 837. The normalized spacial score (nSPS) is 12.1. The van der Waals surface area contributed by atoms with Gasteiger partial charge in [0.25, 0.3) is 0 Å². The molecule has 0 saturated heterocycles. The van der Waals surface area contributed by atoms with Gasteiger partial charge in [-0.15, -0.1) is 11.8 Å². The number of ketones is 1. The molecule has 27 heavy (non-hydrogen) atoms. The largest absolute Gasteiger partial charge is 0.480 e. The second-order valence-electron chi connectivity index (χ2n) is 7.23. The summed E-state index contributed by atoms with van der Waals surface area (Å²) >= 11 is 1.34. The number of carboxylic acid groups (broad SMARTS) is 1. The highest BCUT2D eigenvalue weighted by Gasteiger charge is 2.24. The third-order valence-electron chi connectivity index (χ3n) is 5.60. The van der Waals surface area contributed by atoms with E-state index < -0.39 is 11.2 Å². The summed E-state index contributed by atoms with van der Waals surface area (Å²) in [6.07, 6.45) is 0.00494. The van der Waals surface area contributed by atoms with Gasteiger partial charge in [0.1, 0.15) is 5.25 Å². The van der Waals surface area contributed by atoms with Crippen LogP contribution in [0.5, 0.6) is 0 Å². The minimum absolute atomic E-state index is 0.00494. The van der Waals surface area contributed by atoms with Crippen molar-refractivity contribution < 1.29 is 14.7 Å². The predicted molar refractivity (Wildman–Crippen MR) is 113 cm³/mol. The molecule has 4 heteroatoms. The quantitative estimate of drug-likeness (QED) is 0.641. The van der Waals surface area contributed by atoms with Crippen LogP contribution in [0.1, 0.15) is 55.7 Å². The zero-order valence-corrected chi connectivity index (χ0v) is 17.8. The second kappa shape index (κ2) is 8.75. The lowest BCUT2D eigenvalue weighted by atomic mass is 9.90. The molecule has 1 N–H and O–H groups in total. The second-order valence-corrected chi connectivity index (χ2v) is 8.43. The van der Waals surface area contributed by atoms with Gasteiger partial charge in [-0.05, 0) is 74.9 Å². The van der Waals surface area contributed by atoms with E-state index in [-0.39, 0.29) is 12.2 Å². The number of aryl methyl sites for hydroxylation is 1. The van der Waals surface area contributed by atoms with E-state index in [1.165, 1.54) is 45.1 Å². The van der Waals surface area contributed by atoms with Crippen LogP contribution in [-0.2, 0) is 10.5 Å². The number of hydrogen-bond acceptors (Lipinski definition) is 3. The molecule has 0 unspecified atom stereocenters. The molecule has 0 aliphatic heterocycles. The number of thioether (sulfide) groups is 1. The van der Waals surface area contributed by atoms with Crippen molar-refractivity contribution in [2.45, 2.75) is 59.0 Å². The van der Waals surface area contributed by atoms with Crippen molar-refractivity contribution in [3.8, 4) is 0 Å². The number of carbonyl (C=O) groups excluding carboxylic acids is 1. The molecule has 0 amide bonds. The molecule has 0 aliphatic rings. The molecule has 0 radical (unpaired) electrons. The van der Waals surface area contributed by atoms with Crippen LogP contribution in [0.25, 0.3) is 0 Å². The molecular weight excluding hydrogens is 356 g/mol. The molecular formula is C23H28O3S. The van der Waals surface area contributed by atoms with Gasteiger partial charge < -0.3 is 5.11 Å². The Morgan fingerprint density at radius 1 is 0.852 bits per heavy atom. The minimum atomic E-state index is -0.934. The Morgan fingerprint density at radius 3 is 1.81 bits per heavy atom. The lowest BCUT2D eigenvalue weighted by molar-refractivity contribution is -0.136. The molecule has 3 nitrogen and oxygen atoms in total. The smallest absolute Gasteiger partial charge is 0.317 e. The Balaban J connectivity index is 2.17. The number of hydrogen-bond donors (Lipinski definition) is 1. The van der Waals surface area contributed by atoms with E-state index >= 15 is 0 Å². The van der Waals surface area contributed by atoms with Crippen LogP contribution >= 0.6 is 11.8 Å². The summed E-state index contributed by atoms with van der Waals surface area (Å²) in [5.74, 6) is -0.464. The third kappa shape index (κ3) is 4.81. The van der Waals surface area contributed by atoms with Gasteiger partial charge >= 0.3 is 5.97 Å². The van der Waals surface area contributed by atoms with Crippen molar-refractivity contribution in [3.05, 3.63) is 68.8 Å². The molecule has 0 bridgehead atoms. The van der Waals surface area contributed by atoms with E-state index in [4.69, 9.17) is 0 Å². The van der Waals surface area contributed by atoms with Gasteiger partial charge in [-0.1, -0.05) is 29.8 Å². The molecule has 0 aromatic heterocycles. The highest BCUT2D eigenvalue weighted by molar-refractivity contribution is 7.99. The first-order valence-electron chi connectivity index (χ1n) is 9.13. The van der Waals surface area contributed by atoms with Gasteiger partial charge in [0.15, 0.2) is 5.78 Å². The summed E-state index contributed by atoms with van der Waals surface area (Å²) in [6, 6.07) is 7.28. The minimum Gasteiger partial charge on any atom is -0.480 e. The number of Topliss-reactive ketones (excluding diaryl/α,β-unsaturated/α-hetero) is 1. The van der Waals surface area contributed by atoms with Gasteiger partial charge in [-0.25, -0.2) is 0 Å². The first-order chi connectivity index (χ1) is 12.6. The van der Waals surface area contributed by atoms with Crippen molar-refractivity contribution in [3.63, 3.8) is 0 Å². The zero-order valence-electron chi connectivity index (χ0n) is 17.0. The average Bonchev–Trinajstić information content (AvgIpc) is 2.64. The van der Waals surface area contributed by atoms with Crippen molar-refractivity contribution in [2.24, 2.45) is 0 Å². The van der Waals surface area contributed by atoms with Crippen molar-refractivity contribution in [1.82, 2.24) is 0 Å². The van der Waals surface area contributed by atoms with Gasteiger partial charge in [-0.2, -0.15) is 0 Å². The molecule has 0 aliphatic carbocycles. The summed E-state index contributed by atoms with van der Waals surface area (Å²) in [7, 11) is 0. The lowest BCUT2D eigenvalue weighted by Gasteiger charge is -2.20. The van der Waals surface area contributed by atoms with Crippen LogP contribution in [0.15, 0.2) is 24.3 Å². The van der Waals surface area contributed by atoms with Gasteiger partial charge in [0.2, 0.25) is 0 Å². The SMILES string of the molecule is Cc1ccc(C(=O)C[C@@H](SCc2c(C)c(C)c(C)c(C)c2C)C(=O)O)cc1. The molecule has 0 saturated carbocycles. The summed E-state index contributed by atoms with van der Waals surface area (Å²) in [5, 5.41) is 8.86. The average molecular weight is 385 g/mol. The summed E-state index contributed by atoms with van der Waals surface area (Å²) in [4.78, 5) is 24.2. The molecule has 2 aromatic rings. The Hall–Kier alpha value is -2.07. The molecule has 2 aromatic carbocycles. The van der Waals surface area contributed by atoms with E-state index in [0.717, 1.165) is 5.56 Å². The Kier molecular flexibility index (Phi) is 6.88. The molecule has 0 fully saturated rings. The number of rotatable bonds is 7. The molecule has 1 atom stereocenters. The fourth-order valence-electron chi connectivity index (χ4n) is 3.22. The van der Waals surface area contributed by atoms with Gasteiger partial charge in [0.05, 0.1) is 0 Å². The molecule has 144 valence electrons. The summed E-state index contributed by atoms with van der Waals surface area (Å²) in [6.45, 7) is 12.5. The van der Waals surface area contributed by atoms with Crippen LogP contribution < -0.4 is 0 Å². The highest BCUT2D eigenvalue weighted by atomic mass is 32.2. The van der Waals surface area contributed by atoms with Gasteiger partial charge in [0, 0.05) is 17.7 Å². The Morgan fingerprint density at radius 2 is 1.33 bits per heavy atom. The fraction of sp³-hybridized carbons (Fsp3) is 0.391. The maximum absolute atomic E-state index is 12.5. The van der Waals surface area contributed by atoms with E-state index in [2.05, 4.69) is 34.6 Å². The maximum atomic E-state index is 12.5. The Labute approximate surface area is 166 Å². The third-order valence-corrected chi connectivity index (χ3v) is 6.83. The van der Waals surface area contributed by atoms with E-state index in [1.54, 1.807) is 12.1 Å². The first kappa shape index (κ1) is 21.2. The van der Waals surface area contributed by atoms with Crippen molar-refractivity contribution >= 4 is 23.5 Å². The molecule has 2 rings (SSSR count). The number of benzene rings is 2. The summed E-state index contributed by atoms with van der Waals surface area (Å²) in [5.41, 5.74) is 9.09. The van der Waals surface area contributed by atoms with Crippen LogP contribution in [0, 0.1) is 41.5 Å². The van der Waals surface area contributed by atoms with E-state index in [9.17, 15) is 14.7 Å². The van der Waals surface area contributed by atoms with Crippen LogP contribution in [0.3, 0.4) is 0 Å². The van der Waals surface area contributed by atoms with Crippen molar-refractivity contribution in [2.75, 3.05) is 0 Å². The first-order valence-corrected chi connectivity index (χ1v) is 10.2. The van der Waals surface area contributed by atoms with E-state index in [1.807, 2.05) is 19.1 Å². The number of carbonyl (C=O) groups is 2. The van der Waals surface area contributed by atoms with Gasteiger partial charge in [-0.3, -0.25) is 9.59 Å². The molecule has 0 heterocycles. The monoisotopic (exact) mass is 384 g/mol. The number of carboxylic acids is 1. The highest BCUT2D eigenvalue weighted by Crippen LogP contribution is 2.31. The topological polar surface area (TPSA) is 54.4 Å². The van der Waals surface area contributed by atoms with Crippen LogP contribution in [0.4, 0.5) is 0 Å². The molecule has 0 spiro atoms. The predicted octanol–water partition coefficient (Wildman–Crippen LogP) is 5.50. The fourth-order valence-corrected chi connectivity index (χ4v) is 4.43. The van der Waals surface area contributed by atoms with Crippen molar-refractivity contribution in [1.29, 1.82) is 0 Å². The summed E-state index contributed by atoms with van der Waals surface area (Å²) < 4.78 is 0. The maximum Gasteiger partial charge on any atom is 0.317 e. The lowest BCUT2D eigenvalue weighted by Crippen LogP contribution is -2.21. The standard InChI is InChI=1S/C23H28O3S/c1-13-7-9-19(10-8-13)21(24)11-22(23(25)26)27-12-20-17(5)15(3)14(2)16(4)18(20)6/h7-10,22H,11-12H2,1-6H3,(H,25,26)/t22-/m1/s1. The van der Waals surface area contributed by atoms with Crippen LogP contribution in [0.2, 0.25) is 0 Å². The van der Waals surface area contributed by atoms with Crippen LogP contribution in [-0.4, -0.2) is 22.1 Å². The zero-order chi connectivity index (χ0) is 20.3.